The summed E-state index contributed by atoms with van der Waals surface area (Å²) in [6, 6.07) is 3.58. The second-order valence-corrected chi connectivity index (χ2v) is 9.28. The van der Waals surface area contributed by atoms with Gasteiger partial charge in [-0.2, -0.15) is 26.3 Å². The molecule has 3 amide bonds. The van der Waals surface area contributed by atoms with E-state index in [1.807, 2.05) is 36.9 Å². The van der Waals surface area contributed by atoms with E-state index in [1.54, 1.807) is 18.7 Å². The van der Waals surface area contributed by atoms with Crippen molar-refractivity contribution in [3.63, 3.8) is 0 Å². The first-order valence-corrected chi connectivity index (χ1v) is 11.8. The molecule has 0 aliphatic rings. The number of unbranched alkanes of at least 4 members (excludes halogenated alkanes) is 1. The number of aryl methyl sites for hydroxylation is 1. The minimum atomic E-state index is -5.05. The lowest BCUT2D eigenvalue weighted by atomic mass is 10.1. The zero-order chi connectivity index (χ0) is 28.0. The first-order valence-electron chi connectivity index (χ1n) is 11.8. The molecule has 12 heteroatoms. The second-order valence-electron chi connectivity index (χ2n) is 9.28. The number of urea groups is 1. The molecule has 1 heterocycles. The Morgan fingerprint density at radius 3 is 2.05 bits per heavy atom. The molecule has 0 bridgehead atoms. The topological polar surface area (TPSA) is 57.6 Å². The number of benzene rings is 1. The third kappa shape index (κ3) is 9.01. The van der Waals surface area contributed by atoms with Gasteiger partial charge in [-0.15, -0.1) is 0 Å². The molecule has 1 N–H and O–H groups in total. The molecule has 0 atom stereocenters. The predicted molar refractivity (Wildman–Crippen MR) is 128 cm³/mol. The van der Waals surface area contributed by atoms with Crippen LogP contribution in [0.1, 0.15) is 50.4 Å². The summed E-state index contributed by atoms with van der Waals surface area (Å²) in [6.45, 7) is 5.92. The lowest BCUT2D eigenvalue weighted by molar-refractivity contribution is -0.143. The van der Waals surface area contributed by atoms with Crippen LogP contribution in [0.5, 0.6) is 0 Å². The largest absolute Gasteiger partial charge is 0.416 e. The molecule has 0 aliphatic heterocycles. The summed E-state index contributed by atoms with van der Waals surface area (Å²) >= 11 is 0. The summed E-state index contributed by atoms with van der Waals surface area (Å²) in [5.41, 5.74) is -2.89. The van der Waals surface area contributed by atoms with Gasteiger partial charge in [0.1, 0.15) is 6.54 Å². The van der Waals surface area contributed by atoms with E-state index in [1.165, 1.54) is 0 Å². The van der Waals surface area contributed by atoms with Crippen LogP contribution in [-0.4, -0.2) is 45.9 Å². The number of aromatic nitrogens is 1. The maximum absolute atomic E-state index is 13.2. The van der Waals surface area contributed by atoms with Gasteiger partial charge in [-0.3, -0.25) is 4.79 Å². The summed E-state index contributed by atoms with van der Waals surface area (Å²) in [5, 5.41) is 2.13. The molecule has 206 valence electrons. The number of amides is 3. The Labute approximate surface area is 212 Å². The monoisotopic (exact) mass is 534 g/mol. The van der Waals surface area contributed by atoms with E-state index in [-0.39, 0.29) is 31.0 Å². The smallest absolute Gasteiger partial charge is 0.353 e. The maximum Gasteiger partial charge on any atom is 0.416 e. The van der Waals surface area contributed by atoms with Crippen LogP contribution < -0.4 is 5.32 Å². The van der Waals surface area contributed by atoms with Gasteiger partial charge in [0.2, 0.25) is 5.91 Å². The molecule has 0 unspecified atom stereocenters. The molecule has 0 fully saturated rings. The lowest BCUT2D eigenvalue weighted by Crippen LogP contribution is -2.46. The number of carbonyl (C=O) groups excluding carboxylic acids is 2. The van der Waals surface area contributed by atoms with E-state index in [9.17, 15) is 35.9 Å². The SMILES string of the molecule is CCCCN(Cc1cccn1C)C(=O)CN(CC(C)C)C(=O)Nc1cc(C(F)(F)F)cc(C(F)(F)F)c1. The molecule has 0 aliphatic carbocycles. The van der Waals surface area contributed by atoms with Gasteiger partial charge in [-0.1, -0.05) is 27.2 Å². The molecule has 1 aromatic carbocycles. The van der Waals surface area contributed by atoms with Crippen molar-refractivity contribution in [1.82, 2.24) is 14.4 Å². The maximum atomic E-state index is 13.2. The number of alkyl halides is 6. The van der Waals surface area contributed by atoms with Gasteiger partial charge in [0.05, 0.1) is 17.7 Å². The molecule has 0 radical (unpaired) electrons. The van der Waals surface area contributed by atoms with Crippen LogP contribution in [-0.2, 0) is 30.7 Å². The van der Waals surface area contributed by atoms with Gasteiger partial charge in [0.15, 0.2) is 0 Å². The summed E-state index contributed by atoms with van der Waals surface area (Å²) < 4.78 is 81.1. The molecule has 37 heavy (non-hydrogen) atoms. The van der Waals surface area contributed by atoms with E-state index in [0.717, 1.165) is 23.4 Å². The minimum absolute atomic E-state index is 0.0136. The Kier molecular flexibility index (Phi) is 10.0. The summed E-state index contributed by atoms with van der Waals surface area (Å²) in [7, 11) is 1.83. The fourth-order valence-corrected chi connectivity index (χ4v) is 3.65. The molecule has 6 nitrogen and oxygen atoms in total. The highest BCUT2D eigenvalue weighted by Gasteiger charge is 2.37. The quantitative estimate of drug-likeness (QED) is 0.360. The first kappa shape index (κ1) is 30.0. The van der Waals surface area contributed by atoms with Crippen LogP contribution in [0.3, 0.4) is 0 Å². The van der Waals surface area contributed by atoms with Crippen LogP contribution >= 0.6 is 0 Å². The van der Waals surface area contributed by atoms with E-state index in [4.69, 9.17) is 0 Å². The van der Waals surface area contributed by atoms with Crippen molar-refractivity contribution < 1.29 is 35.9 Å². The van der Waals surface area contributed by atoms with E-state index >= 15 is 0 Å². The van der Waals surface area contributed by atoms with Crippen LogP contribution in [0.25, 0.3) is 0 Å². The number of hydrogen-bond acceptors (Lipinski definition) is 2. The number of halogens is 6. The van der Waals surface area contributed by atoms with Crippen LogP contribution in [0.4, 0.5) is 36.8 Å². The average molecular weight is 535 g/mol. The van der Waals surface area contributed by atoms with E-state index in [0.29, 0.717) is 25.2 Å². The van der Waals surface area contributed by atoms with Gasteiger partial charge in [-0.05, 0) is 42.7 Å². The van der Waals surface area contributed by atoms with Crippen molar-refractivity contribution in [2.24, 2.45) is 13.0 Å². The van der Waals surface area contributed by atoms with E-state index < -0.39 is 35.2 Å². The highest BCUT2D eigenvalue weighted by Crippen LogP contribution is 2.37. The highest BCUT2D eigenvalue weighted by atomic mass is 19.4. The van der Waals surface area contributed by atoms with Crippen molar-refractivity contribution in [3.05, 3.63) is 53.3 Å². The third-order valence-electron chi connectivity index (χ3n) is 5.58. The van der Waals surface area contributed by atoms with Gasteiger partial charge >= 0.3 is 18.4 Å². The number of hydrogen-bond donors (Lipinski definition) is 1. The molecular weight excluding hydrogens is 502 g/mol. The number of nitrogens with zero attached hydrogens (tertiary/aromatic N) is 3. The van der Waals surface area contributed by atoms with Crippen LogP contribution in [0, 0.1) is 5.92 Å². The van der Waals surface area contributed by atoms with Crippen molar-refractivity contribution in [1.29, 1.82) is 0 Å². The van der Waals surface area contributed by atoms with Gasteiger partial charge in [0, 0.05) is 37.7 Å². The zero-order valence-electron chi connectivity index (χ0n) is 21.2. The van der Waals surface area contributed by atoms with Gasteiger partial charge in [0.25, 0.3) is 0 Å². The van der Waals surface area contributed by atoms with Crippen LogP contribution in [0.15, 0.2) is 36.5 Å². The molecular formula is C25H32F6N4O2. The Morgan fingerprint density at radius 1 is 1.00 bits per heavy atom. The second kappa shape index (κ2) is 12.4. The van der Waals surface area contributed by atoms with E-state index in [2.05, 4.69) is 5.32 Å². The Hall–Kier alpha value is -3.18. The molecule has 0 spiro atoms. The molecule has 2 aromatic rings. The zero-order valence-corrected chi connectivity index (χ0v) is 21.2. The van der Waals surface area contributed by atoms with Crippen molar-refractivity contribution in [2.75, 3.05) is 25.0 Å². The first-order chi connectivity index (χ1) is 17.1. The van der Waals surface area contributed by atoms with Gasteiger partial charge in [-0.25, -0.2) is 4.79 Å². The van der Waals surface area contributed by atoms with Gasteiger partial charge < -0.3 is 19.7 Å². The average Bonchev–Trinajstić information content (AvgIpc) is 3.18. The highest BCUT2D eigenvalue weighted by molar-refractivity contribution is 5.92. The number of carbonyl (C=O) groups is 2. The van der Waals surface area contributed by atoms with Crippen molar-refractivity contribution >= 4 is 17.6 Å². The molecule has 0 saturated carbocycles. The summed E-state index contributed by atoms with van der Waals surface area (Å²) in [6.07, 6.45) is -6.72. The third-order valence-corrected chi connectivity index (χ3v) is 5.58. The fraction of sp³-hybridized carbons (Fsp3) is 0.520. The summed E-state index contributed by atoms with van der Waals surface area (Å²) in [4.78, 5) is 28.9. The molecule has 1 aromatic heterocycles. The number of anilines is 1. The minimum Gasteiger partial charge on any atom is -0.353 e. The Balaban J connectivity index is 2.29. The fourth-order valence-electron chi connectivity index (χ4n) is 3.65. The normalized spacial score (nSPS) is 12.1. The van der Waals surface area contributed by atoms with Crippen molar-refractivity contribution in [3.8, 4) is 0 Å². The van der Waals surface area contributed by atoms with Crippen LogP contribution in [0.2, 0.25) is 0 Å². The summed E-state index contributed by atoms with van der Waals surface area (Å²) in [5.74, 6) is -0.506. The molecule has 0 saturated heterocycles. The molecule has 2 rings (SSSR count). The Bertz CT molecular complexity index is 1030. The lowest BCUT2D eigenvalue weighted by Gasteiger charge is -2.29. The predicted octanol–water partition coefficient (Wildman–Crippen LogP) is 6.38. The standard InChI is InChI=1S/C25H32F6N4O2/c1-5-6-10-34(15-21-8-7-9-33(21)4)22(36)16-35(14-17(2)3)23(37)32-20-12-18(24(26,27)28)11-19(13-20)25(29,30)31/h7-9,11-13,17H,5-6,10,14-16H2,1-4H3,(H,32,37). The number of nitrogens with one attached hydrogen (secondary N) is 1. The Morgan fingerprint density at radius 2 is 1.59 bits per heavy atom. The number of rotatable bonds is 10. The van der Waals surface area contributed by atoms with Crippen molar-refractivity contribution in [2.45, 2.75) is 52.5 Å².